The lowest BCUT2D eigenvalue weighted by Crippen LogP contribution is -2.47. The van der Waals surface area contributed by atoms with Crippen molar-refractivity contribution < 1.29 is 15.0 Å². The Kier molecular flexibility index (Phi) is 5.41. The van der Waals surface area contributed by atoms with E-state index in [1.807, 2.05) is 7.05 Å². The first-order valence-electron chi connectivity index (χ1n) is 7.28. The number of carboxylic acid groups (broad SMARTS) is 1. The summed E-state index contributed by atoms with van der Waals surface area (Å²) in [7, 11) is 2.03. The number of likely N-dealkylation sites (tertiary alicyclic amines) is 1. The molecule has 0 spiro atoms. The maximum absolute atomic E-state index is 12.3. The van der Waals surface area contributed by atoms with Crippen molar-refractivity contribution in [2.24, 2.45) is 0 Å². The Hall–Kier alpha value is -2.32. The molecule has 1 saturated heterocycles. The molecular formula is C15H20N4O4. The molecule has 3 rings (SSSR count). The SMILES string of the molecule is CN1CCC(O)(Cn2cnc3cccnc3c2=O)CC1.O=CO. The van der Waals surface area contributed by atoms with Crippen LogP contribution in [0.25, 0.3) is 11.0 Å². The maximum atomic E-state index is 12.3. The van der Waals surface area contributed by atoms with Crippen molar-refractivity contribution in [1.29, 1.82) is 0 Å². The van der Waals surface area contributed by atoms with Crippen LogP contribution >= 0.6 is 0 Å². The second-order valence-corrected chi connectivity index (χ2v) is 5.68. The Bertz CT molecular complexity index is 723. The normalized spacial score (nSPS) is 17.3. The van der Waals surface area contributed by atoms with E-state index in [1.165, 1.54) is 10.9 Å². The third-order valence-electron chi connectivity index (χ3n) is 3.97. The molecule has 0 bridgehead atoms. The number of piperidine rings is 1. The van der Waals surface area contributed by atoms with E-state index in [0.717, 1.165) is 13.1 Å². The molecule has 1 fully saturated rings. The van der Waals surface area contributed by atoms with Gasteiger partial charge in [-0.2, -0.15) is 0 Å². The van der Waals surface area contributed by atoms with E-state index >= 15 is 0 Å². The highest BCUT2D eigenvalue weighted by Crippen LogP contribution is 2.22. The van der Waals surface area contributed by atoms with Gasteiger partial charge in [-0.3, -0.25) is 14.2 Å². The summed E-state index contributed by atoms with van der Waals surface area (Å²) in [6.45, 7) is 1.70. The zero-order valence-electron chi connectivity index (χ0n) is 12.9. The molecular weight excluding hydrogens is 300 g/mol. The van der Waals surface area contributed by atoms with Crippen LogP contribution in [0.15, 0.2) is 29.5 Å². The molecule has 8 heteroatoms. The fraction of sp³-hybridized carbons (Fsp3) is 0.467. The number of hydrogen-bond donors (Lipinski definition) is 2. The molecule has 2 aromatic heterocycles. The fourth-order valence-electron chi connectivity index (χ4n) is 2.61. The number of pyridine rings is 1. The quantitative estimate of drug-likeness (QED) is 0.747. The molecule has 1 aliphatic rings. The lowest BCUT2D eigenvalue weighted by Gasteiger charge is -2.36. The molecule has 0 aromatic carbocycles. The van der Waals surface area contributed by atoms with Gasteiger partial charge in [0.05, 0.1) is 24.0 Å². The van der Waals surface area contributed by atoms with Crippen LogP contribution in [0.5, 0.6) is 0 Å². The standard InChI is InChI=1S/C14H18N4O2.CH2O2/c1-17-7-4-14(20,5-8-17)9-18-10-16-11-3-2-6-15-12(11)13(18)19;2-1-3/h2-3,6,10,20H,4-5,7-9H2,1H3;1H,(H,2,3). The number of aliphatic hydroxyl groups is 1. The van der Waals surface area contributed by atoms with E-state index in [2.05, 4.69) is 14.9 Å². The van der Waals surface area contributed by atoms with Gasteiger partial charge < -0.3 is 15.1 Å². The summed E-state index contributed by atoms with van der Waals surface area (Å²) in [4.78, 5) is 31.2. The summed E-state index contributed by atoms with van der Waals surface area (Å²) in [6, 6.07) is 3.52. The maximum Gasteiger partial charge on any atom is 0.290 e. The largest absolute Gasteiger partial charge is 0.483 e. The van der Waals surface area contributed by atoms with Crippen molar-refractivity contribution >= 4 is 17.5 Å². The number of nitrogens with zero attached hydrogens (tertiary/aromatic N) is 4. The molecule has 0 saturated carbocycles. The molecule has 23 heavy (non-hydrogen) atoms. The summed E-state index contributed by atoms with van der Waals surface area (Å²) < 4.78 is 1.47. The van der Waals surface area contributed by atoms with Gasteiger partial charge in [-0.1, -0.05) is 0 Å². The average molecular weight is 320 g/mol. The summed E-state index contributed by atoms with van der Waals surface area (Å²) >= 11 is 0. The minimum absolute atomic E-state index is 0.192. The molecule has 0 unspecified atom stereocenters. The minimum atomic E-state index is -0.833. The van der Waals surface area contributed by atoms with Gasteiger partial charge in [-0.15, -0.1) is 0 Å². The van der Waals surface area contributed by atoms with Crippen molar-refractivity contribution in [3.05, 3.63) is 35.0 Å². The van der Waals surface area contributed by atoms with Gasteiger partial charge in [0.2, 0.25) is 0 Å². The van der Waals surface area contributed by atoms with E-state index in [1.54, 1.807) is 18.3 Å². The van der Waals surface area contributed by atoms with Crippen LogP contribution in [0.3, 0.4) is 0 Å². The molecule has 8 nitrogen and oxygen atoms in total. The molecule has 124 valence electrons. The van der Waals surface area contributed by atoms with Crippen molar-refractivity contribution in [2.45, 2.75) is 25.0 Å². The second kappa shape index (κ2) is 7.30. The van der Waals surface area contributed by atoms with Crippen LogP contribution < -0.4 is 5.56 Å². The van der Waals surface area contributed by atoms with Crippen LogP contribution in [0.1, 0.15) is 12.8 Å². The zero-order chi connectivity index (χ0) is 16.9. The molecule has 3 heterocycles. The van der Waals surface area contributed by atoms with Gasteiger partial charge in [0.15, 0.2) is 5.52 Å². The fourth-order valence-corrected chi connectivity index (χ4v) is 2.61. The summed E-state index contributed by atoms with van der Waals surface area (Å²) in [5, 5.41) is 17.5. The van der Waals surface area contributed by atoms with Crippen LogP contribution in [-0.4, -0.2) is 61.9 Å². The van der Waals surface area contributed by atoms with Crippen molar-refractivity contribution in [3.63, 3.8) is 0 Å². The third kappa shape index (κ3) is 4.11. The predicted octanol–water partition coefficient (Wildman–Crippen LogP) is -0.0510. The highest BCUT2D eigenvalue weighted by molar-refractivity contribution is 5.71. The van der Waals surface area contributed by atoms with Gasteiger partial charge in [-0.05, 0) is 32.0 Å². The lowest BCUT2D eigenvalue weighted by molar-refractivity contribution is -0.122. The lowest BCUT2D eigenvalue weighted by atomic mass is 9.91. The zero-order valence-corrected chi connectivity index (χ0v) is 12.9. The third-order valence-corrected chi connectivity index (χ3v) is 3.97. The number of carbonyl (C=O) groups is 1. The van der Waals surface area contributed by atoms with Crippen LogP contribution in [0.4, 0.5) is 0 Å². The van der Waals surface area contributed by atoms with Gasteiger partial charge in [0.1, 0.15) is 0 Å². The highest BCUT2D eigenvalue weighted by Gasteiger charge is 2.32. The van der Waals surface area contributed by atoms with Gasteiger partial charge >= 0.3 is 0 Å². The molecule has 2 aromatic rings. The number of rotatable bonds is 2. The first-order chi connectivity index (χ1) is 11.0. The van der Waals surface area contributed by atoms with Gasteiger partial charge in [-0.25, -0.2) is 9.97 Å². The van der Waals surface area contributed by atoms with Crippen molar-refractivity contribution in [2.75, 3.05) is 20.1 Å². The molecule has 1 aliphatic heterocycles. The Morgan fingerprint density at radius 3 is 2.65 bits per heavy atom. The van der Waals surface area contributed by atoms with Crippen LogP contribution in [0, 0.1) is 0 Å². The predicted molar refractivity (Wildman–Crippen MR) is 84.2 cm³/mol. The second-order valence-electron chi connectivity index (χ2n) is 5.68. The average Bonchev–Trinajstić information content (AvgIpc) is 2.54. The molecule has 0 radical (unpaired) electrons. The van der Waals surface area contributed by atoms with Gasteiger partial charge in [0, 0.05) is 19.3 Å². The Morgan fingerprint density at radius 1 is 1.35 bits per heavy atom. The molecule has 2 N–H and O–H groups in total. The summed E-state index contributed by atoms with van der Waals surface area (Å²) in [6.07, 6.45) is 4.41. The van der Waals surface area contributed by atoms with E-state index in [-0.39, 0.29) is 18.6 Å². The monoisotopic (exact) mass is 320 g/mol. The van der Waals surface area contributed by atoms with E-state index < -0.39 is 5.60 Å². The topological polar surface area (TPSA) is 109 Å². The molecule has 0 aliphatic carbocycles. The smallest absolute Gasteiger partial charge is 0.290 e. The molecule has 0 atom stereocenters. The minimum Gasteiger partial charge on any atom is -0.483 e. The Balaban J connectivity index is 0.000000595. The molecule has 0 amide bonds. The first kappa shape index (κ1) is 17.0. The van der Waals surface area contributed by atoms with Gasteiger partial charge in [0.25, 0.3) is 12.0 Å². The number of fused-ring (bicyclic) bond motifs is 1. The van der Waals surface area contributed by atoms with E-state index in [0.29, 0.717) is 23.9 Å². The number of hydrogen-bond acceptors (Lipinski definition) is 6. The Morgan fingerprint density at radius 2 is 2.00 bits per heavy atom. The first-order valence-corrected chi connectivity index (χ1v) is 7.28. The highest BCUT2D eigenvalue weighted by atomic mass is 16.3. The van der Waals surface area contributed by atoms with E-state index in [9.17, 15) is 9.90 Å². The Labute approximate surface area is 133 Å². The van der Waals surface area contributed by atoms with Crippen LogP contribution in [-0.2, 0) is 11.3 Å². The van der Waals surface area contributed by atoms with Crippen molar-refractivity contribution in [3.8, 4) is 0 Å². The number of aromatic nitrogens is 3. The van der Waals surface area contributed by atoms with Crippen LogP contribution in [0.2, 0.25) is 0 Å². The van der Waals surface area contributed by atoms with Crippen molar-refractivity contribution in [1.82, 2.24) is 19.4 Å². The summed E-state index contributed by atoms with van der Waals surface area (Å²) in [5.74, 6) is 0. The van der Waals surface area contributed by atoms with E-state index in [4.69, 9.17) is 9.90 Å². The summed E-state index contributed by atoms with van der Waals surface area (Å²) in [5.41, 5.74) is -0.0842.